The van der Waals surface area contributed by atoms with E-state index in [-0.39, 0.29) is 17.9 Å². The van der Waals surface area contributed by atoms with E-state index in [1.165, 1.54) is 11.3 Å². The van der Waals surface area contributed by atoms with Crippen molar-refractivity contribution in [3.05, 3.63) is 22.4 Å². The first-order chi connectivity index (χ1) is 9.20. The Kier molecular flexibility index (Phi) is 4.93. The lowest BCUT2D eigenvalue weighted by atomic mass is 10.2. The molecule has 1 aromatic rings. The predicted octanol–water partition coefficient (Wildman–Crippen LogP) is 0.721. The van der Waals surface area contributed by atoms with Crippen LogP contribution in [-0.2, 0) is 4.79 Å². The van der Waals surface area contributed by atoms with E-state index in [2.05, 4.69) is 10.6 Å². The van der Waals surface area contributed by atoms with Gasteiger partial charge in [-0.25, -0.2) is 0 Å². The van der Waals surface area contributed by atoms with Crippen LogP contribution in [0.3, 0.4) is 0 Å². The molecule has 0 spiro atoms. The van der Waals surface area contributed by atoms with Gasteiger partial charge in [0.1, 0.15) is 0 Å². The summed E-state index contributed by atoms with van der Waals surface area (Å²) in [6.45, 7) is 0.833. The summed E-state index contributed by atoms with van der Waals surface area (Å²) in [6, 6.07) is 1.86. The Morgan fingerprint density at radius 1 is 1.47 bits per heavy atom. The van der Waals surface area contributed by atoms with Gasteiger partial charge in [-0.05, 0) is 30.2 Å². The molecule has 0 aromatic carbocycles. The molecule has 2 amide bonds. The van der Waals surface area contributed by atoms with Crippen LogP contribution in [-0.4, -0.2) is 30.9 Å². The lowest BCUT2D eigenvalue weighted by Gasteiger charge is -2.15. The van der Waals surface area contributed by atoms with Crippen molar-refractivity contribution in [1.82, 2.24) is 10.6 Å². The molecule has 1 fully saturated rings. The van der Waals surface area contributed by atoms with Gasteiger partial charge in [0.05, 0.1) is 0 Å². The molecule has 4 N–H and O–H groups in total. The summed E-state index contributed by atoms with van der Waals surface area (Å²) >= 11 is 1.48. The van der Waals surface area contributed by atoms with Gasteiger partial charge in [-0.2, -0.15) is 11.3 Å². The normalized spacial score (nSPS) is 15.8. The highest BCUT2D eigenvalue weighted by Gasteiger charge is 2.30. The molecule has 0 radical (unpaired) electrons. The fraction of sp³-hybridized carbons (Fsp3) is 0.538. The third-order valence-electron chi connectivity index (χ3n) is 3.21. The van der Waals surface area contributed by atoms with E-state index >= 15 is 0 Å². The van der Waals surface area contributed by atoms with Crippen LogP contribution in [0.2, 0.25) is 0 Å². The van der Waals surface area contributed by atoms with E-state index in [4.69, 9.17) is 5.73 Å². The van der Waals surface area contributed by atoms with Crippen molar-refractivity contribution in [2.24, 2.45) is 11.7 Å². The van der Waals surface area contributed by atoms with Crippen LogP contribution in [0.15, 0.2) is 16.8 Å². The largest absolute Gasteiger partial charge is 0.352 e. The number of nitrogens with two attached hydrogens (primary N) is 1. The second kappa shape index (κ2) is 6.68. The SMILES string of the molecule is NCC(NC(=O)CCNC(=O)c1ccsc1)C1CC1. The van der Waals surface area contributed by atoms with Crippen LogP contribution < -0.4 is 16.4 Å². The Hall–Kier alpha value is -1.40. The number of hydrogen-bond acceptors (Lipinski definition) is 4. The van der Waals surface area contributed by atoms with Gasteiger partial charge in [0.2, 0.25) is 5.91 Å². The maximum Gasteiger partial charge on any atom is 0.252 e. The molecule has 19 heavy (non-hydrogen) atoms. The van der Waals surface area contributed by atoms with Gasteiger partial charge in [0.15, 0.2) is 0 Å². The highest BCUT2D eigenvalue weighted by Crippen LogP contribution is 2.32. The maximum absolute atomic E-state index is 11.7. The van der Waals surface area contributed by atoms with Crippen molar-refractivity contribution in [1.29, 1.82) is 0 Å². The Balaban J connectivity index is 1.64. The smallest absolute Gasteiger partial charge is 0.252 e. The third kappa shape index (κ3) is 4.33. The standard InChI is InChI=1S/C13H19N3O2S/c14-7-11(9-1-2-9)16-12(17)3-5-15-13(18)10-4-6-19-8-10/h4,6,8-9,11H,1-3,5,7,14H2,(H,15,18)(H,16,17). The number of rotatable bonds is 7. The number of thiophene rings is 1. The highest BCUT2D eigenvalue weighted by atomic mass is 32.1. The molecule has 1 unspecified atom stereocenters. The van der Waals surface area contributed by atoms with E-state index in [1.807, 2.05) is 5.38 Å². The van der Waals surface area contributed by atoms with Crippen LogP contribution in [0.4, 0.5) is 0 Å². The van der Waals surface area contributed by atoms with Crippen molar-refractivity contribution >= 4 is 23.2 Å². The van der Waals surface area contributed by atoms with Crippen LogP contribution >= 0.6 is 11.3 Å². The summed E-state index contributed by atoms with van der Waals surface area (Å²) in [5.41, 5.74) is 6.26. The molecule has 104 valence electrons. The Bertz CT molecular complexity index is 429. The summed E-state index contributed by atoms with van der Waals surface area (Å²) in [4.78, 5) is 23.3. The molecule has 1 saturated carbocycles. The topological polar surface area (TPSA) is 84.2 Å². The highest BCUT2D eigenvalue weighted by molar-refractivity contribution is 7.08. The van der Waals surface area contributed by atoms with Crippen LogP contribution in [0.1, 0.15) is 29.6 Å². The van der Waals surface area contributed by atoms with Gasteiger partial charge in [-0.3, -0.25) is 9.59 Å². The quantitative estimate of drug-likeness (QED) is 0.688. The van der Waals surface area contributed by atoms with E-state index < -0.39 is 0 Å². The number of amides is 2. The first kappa shape index (κ1) is 14.0. The van der Waals surface area contributed by atoms with E-state index in [9.17, 15) is 9.59 Å². The zero-order valence-corrected chi connectivity index (χ0v) is 11.5. The van der Waals surface area contributed by atoms with Gasteiger partial charge in [0, 0.05) is 36.5 Å². The molecule has 0 saturated heterocycles. The van der Waals surface area contributed by atoms with Crippen LogP contribution in [0.25, 0.3) is 0 Å². The maximum atomic E-state index is 11.7. The molecule has 1 heterocycles. The van der Waals surface area contributed by atoms with Gasteiger partial charge >= 0.3 is 0 Å². The van der Waals surface area contributed by atoms with Crippen molar-refractivity contribution in [2.75, 3.05) is 13.1 Å². The fourth-order valence-electron chi connectivity index (χ4n) is 1.93. The van der Waals surface area contributed by atoms with Crippen molar-refractivity contribution in [3.8, 4) is 0 Å². The molecule has 6 heteroatoms. The molecule has 0 bridgehead atoms. The number of nitrogens with one attached hydrogen (secondary N) is 2. The molecule has 1 aromatic heterocycles. The van der Waals surface area contributed by atoms with Gasteiger partial charge < -0.3 is 16.4 Å². The summed E-state index contributed by atoms with van der Waals surface area (Å²) in [5, 5.41) is 9.29. The number of carbonyl (C=O) groups is 2. The zero-order valence-electron chi connectivity index (χ0n) is 10.7. The second-order valence-electron chi connectivity index (χ2n) is 4.77. The monoisotopic (exact) mass is 281 g/mol. The van der Waals surface area contributed by atoms with E-state index in [0.717, 1.165) is 12.8 Å². The molecule has 1 aliphatic rings. The third-order valence-corrected chi connectivity index (χ3v) is 3.90. The Morgan fingerprint density at radius 3 is 2.84 bits per heavy atom. The molecule has 1 atom stereocenters. The molecular formula is C13H19N3O2S. The van der Waals surface area contributed by atoms with Crippen LogP contribution in [0.5, 0.6) is 0 Å². The van der Waals surface area contributed by atoms with Crippen molar-refractivity contribution < 1.29 is 9.59 Å². The van der Waals surface area contributed by atoms with Crippen molar-refractivity contribution in [3.63, 3.8) is 0 Å². The number of hydrogen-bond donors (Lipinski definition) is 3. The molecule has 2 rings (SSSR count). The van der Waals surface area contributed by atoms with Crippen molar-refractivity contribution in [2.45, 2.75) is 25.3 Å². The lowest BCUT2D eigenvalue weighted by molar-refractivity contribution is -0.121. The van der Waals surface area contributed by atoms with Gasteiger partial charge in [-0.15, -0.1) is 0 Å². The fourth-order valence-corrected chi connectivity index (χ4v) is 2.57. The summed E-state index contributed by atoms with van der Waals surface area (Å²) < 4.78 is 0. The second-order valence-corrected chi connectivity index (χ2v) is 5.55. The first-order valence-electron chi connectivity index (χ1n) is 6.50. The minimum Gasteiger partial charge on any atom is -0.352 e. The average molecular weight is 281 g/mol. The predicted molar refractivity (Wildman–Crippen MR) is 75.0 cm³/mol. The summed E-state index contributed by atoms with van der Waals surface area (Å²) in [6.07, 6.45) is 2.59. The zero-order chi connectivity index (χ0) is 13.7. The lowest BCUT2D eigenvalue weighted by Crippen LogP contribution is -2.42. The minimum absolute atomic E-state index is 0.0482. The molecule has 1 aliphatic carbocycles. The summed E-state index contributed by atoms with van der Waals surface area (Å²) in [7, 11) is 0. The first-order valence-corrected chi connectivity index (χ1v) is 7.45. The van der Waals surface area contributed by atoms with Crippen LogP contribution in [0, 0.1) is 5.92 Å². The average Bonchev–Trinajstić information content (AvgIpc) is 3.09. The summed E-state index contributed by atoms with van der Waals surface area (Å²) in [5.74, 6) is 0.369. The van der Waals surface area contributed by atoms with Gasteiger partial charge in [-0.1, -0.05) is 0 Å². The van der Waals surface area contributed by atoms with Gasteiger partial charge in [0.25, 0.3) is 5.91 Å². The molecule has 5 nitrogen and oxygen atoms in total. The molecular weight excluding hydrogens is 262 g/mol. The van der Waals surface area contributed by atoms with E-state index in [0.29, 0.717) is 31.0 Å². The Morgan fingerprint density at radius 2 is 2.26 bits per heavy atom. The minimum atomic E-state index is -0.133. The molecule has 0 aliphatic heterocycles. The number of carbonyl (C=O) groups excluding carboxylic acids is 2. The van der Waals surface area contributed by atoms with E-state index in [1.54, 1.807) is 11.4 Å². The Labute approximate surface area is 116 Å².